The summed E-state index contributed by atoms with van der Waals surface area (Å²) in [6.07, 6.45) is 0. The van der Waals surface area contributed by atoms with Crippen LogP contribution in [0.5, 0.6) is 0 Å². The molecule has 0 amide bonds. The molecule has 0 radical (unpaired) electrons. The molecule has 1 aromatic heterocycles. The summed E-state index contributed by atoms with van der Waals surface area (Å²) in [5.41, 5.74) is -0.0917. The second-order valence-electron chi connectivity index (χ2n) is 3.88. The maximum Gasteiger partial charge on any atom is 0.271 e. The Balaban J connectivity index is 2.43. The Morgan fingerprint density at radius 3 is 2.40 bits per heavy atom. The van der Waals surface area contributed by atoms with Gasteiger partial charge in [0, 0.05) is 12.1 Å². The summed E-state index contributed by atoms with van der Waals surface area (Å²) >= 11 is 4.07. The fourth-order valence-corrected chi connectivity index (χ4v) is 4.67. The molecule has 0 aliphatic carbocycles. The molecule has 0 fully saturated rings. The highest BCUT2D eigenvalue weighted by atomic mass is 79.9. The smallest absolute Gasteiger partial charge is 0.271 e. The quantitative estimate of drug-likeness (QED) is 0.810. The number of hydrogen-bond donors (Lipinski definition) is 1. The molecule has 9 heteroatoms. The number of nitrogens with one attached hydrogen (secondary N) is 1. The summed E-state index contributed by atoms with van der Waals surface area (Å²) in [5.74, 6) is -4.00. The van der Waals surface area contributed by atoms with Gasteiger partial charge in [0.2, 0.25) is 0 Å². The number of sulfonamides is 1. The van der Waals surface area contributed by atoms with Gasteiger partial charge in [0.05, 0.1) is 9.47 Å². The highest BCUT2D eigenvalue weighted by molar-refractivity contribution is 9.11. The zero-order valence-corrected chi connectivity index (χ0v) is 13.1. The molecule has 1 N–H and O–H groups in total. The Morgan fingerprint density at radius 1 is 1.20 bits per heavy atom. The molecule has 108 valence electrons. The zero-order chi connectivity index (χ0) is 15.1. The Morgan fingerprint density at radius 2 is 1.85 bits per heavy atom. The molecule has 0 saturated carbocycles. The lowest BCUT2D eigenvalue weighted by atomic mass is 10.3. The van der Waals surface area contributed by atoms with Gasteiger partial charge in [-0.25, -0.2) is 21.6 Å². The van der Waals surface area contributed by atoms with Gasteiger partial charge in [0.25, 0.3) is 10.0 Å². The first kappa shape index (κ1) is 15.3. The minimum atomic E-state index is -4.11. The highest BCUT2D eigenvalue weighted by Crippen LogP contribution is 2.32. The van der Waals surface area contributed by atoms with Crippen LogP contribution in [0.25, 0.3) is 0 Å². The first-order valence-electron chi connectivity index (χ1n) is 5.14. The van der Waals surface area contributed by atoms with Gasteiger partial charge in [-0.15, -0.1) is 11.3 Å². The topological polar surface area (TPSA) is 46.2 Å². The molecule has 3 nitrogen and oxygen atoms in total. The van der Waals surface area contributed by atoms with Crippen molar-refractivity contribution in [2.45, 2.75) is 11.1 Å². The summed E-state index contributed by atoms with van der Waals surface area (Å²) < 4.78 is 65.8. The van der Waals surface area contributed by atoms with Crippen LogP contribution in [0.4, 0.5) is 18.9 Å². The third kappa shape index (κ3) is 2.99. The van der Waals surface area contributed by atoms with Crippen molar-refractivity contribution < 1.29 is 21.6 Å². The van der Waals surface area contributed by atoms with Gasteiger partial charge in [0.1, 0.15) is 10.0 Å². The summed E-state index contributed by atoms with van der Waals surface area (Å²) in [6.45, 7) is 1.68. The fourth-order valence-electron chi connectivity index (χ4n) is 1.39. The van der Waals surface area contributed by atoms with Gasteiger partial charge in [-0.2, -0.15) is 0 Å². The van der Waals surface area contributed by atoms with Crippen LogP contribution >= 0.6 is 27.3 Å². The lowest BCUT2D eigenvalue weighted by molar-refractivity contribution is 0.498. The molecule has 0 aliphatic rings. The Kier molecular flexibility index (Phi) is 4.12. The number of halogens is 4. The van der Waals surface area contributed by atoms with Crippen LogP contribution in [0.15, 0.2) is 26.2 Å². The number of rotatable bonds is 3. The van der Waals surface area contributed by atoms with E-state index >= 15 is 0 Å². The number of hydrogen-bond acceptors (Lipinski definition) is 3. The minimum absolute atomic E-state index is 0.0917. The third-order valence-electron chi connectivity index (χ3n) is 2.34. The van der Waals surface area contributed by atoms with Crippen LogP contribution in [0.1, 0.15) is 5.56 Å². The standard InChI is InChI=1S/C11H7BrF3NO2S2/c1-5-2-9(19-11(5)12)20(17,18)16-8-4-6(13)3-7(14)10(8)15/h2-4,16H,1H3. The largest absolute Gasteiger partial charge is 0.276 e. The second kappa shape index (κ2) is 5.38. The zero-order valence-electron chi connectivity index (χ0n) is 9.88. The van der Waals surface area contributed by atoms with Crippen molar-refractivity contribution in [3.63, 3.8) is 0 Å². The monoisotopic (exact) mass is 385 g/mol. The normalized spacial score (nSPS) is 11.7. The highest BCUT2D eigenvalue weighted by Gasteiger charge is 2.21. The molecule has 1 aromatic carbocycles. The molecule has 0 spiro atoms. The van der Waals surface area contributed by atoms with E-state index < -0.39 is 33.2 Å². The van der Waals surface area contributed by atoms with Crippen LogP contribution < -0.4 is 4.72 Å². The molecule has 2 aromatic rings. The van der Waals surface area contributed by atoms with Gasteiger partial charge in [0.15, 0.2) is 11.6 Å². The van der Waals surface area contributed by atoms with Gasteiger partial charge in [-0.3, -0.25) is 4.72 Å². The number of aryl methyl sites for hydroxylation is 1. The van der Waals surface area contributed by atoms with E-state index in [2.05, 4.69) is 15.9 Å². The van der Waals surface area contributed by atoms with Crippen molar-refractivity contribution in [3.8, 4) is 0 Å². The summed E-state index contributed by atoms with van der Waals surface area (Å²) in [5, 5.41) is 0. The van der Waals surface area contributed by atoms with Crippen LogP contribution in [0.2, 0.25) is 0 Å². The van der Waals surface area contributed by atoms with Crippen LogP contribution in [0, 0.1) is 24.4 Å². The first-order chi connectivity index (χ1) is 9.20. The predicted octanol–water partition coefficient (Wildman–Crippen LogP) is 4.04. The third-order valence-corrected chi connectivity index (χ3v) is 6.31. The molecular formula is C11H7BrF3NO2S2. The Bertz CT molecular complexity index is 755. The Labute approximate surface area is 125 Å². The summed E-state index contributed by atoms with van der Waals surface area (Å²) in [6, 6.07) is 2.27. The number of anilines is 1. The van der Waals surface area contributed by atoms with E-state index in [0.717, 1.165) is 11.3 Å². The average Bonchev–Trinajstić information content (AvgIpc) is 2.66. The fraction of sp³-hybridized carbons (Fsp3) is 0.0909. The van der Waals surface area contributed by atoms with Crippen LogP contribution in [-0.4, -0.2) is 8.42 Å². The maximum atomic E-state index is 13.4. The molecule has 1 heterocycles. The van der Waals surface area contributed by atoms with Gasteiger partial charge < -0.3 is 0 Å². The molecule has 2 rings (SSSR count). The lowest BCUT2D eigenvalue weighted by Gasteiger charge is -2.08. The van der Waals surface area contributed by atoms with E-state index in [-0.39, 0.29) is 4.21 Å². The SMILES string of the molecule is Cc1cc(S(=O)(=O)Nc2cc(F)cc(F)c2F)sc1Br. The van der Waals surface area contributed by atoms with E-state index in [1.54, 1.807) is 6.92 Å². The summed E-state index contributed by atoms with van der Waals surface area (Å²) in [4.78, 5) is 0. The molecule has 20 heavy (non-hydrogen) atoms. The number of thiophene rings is 1. The van der Waals surface area contributed by atoms with Crippen LogP contribution in [-0.2, 0) is 10.0 Å². The van der Waals surface area contributed by atoms with Crippen molar-refractivity contribution in [1.29, 1.82) is 0 Å². The van der Waals surface area contributed by atoms with Crippen molar-refractivity contribution in [3.05, 3.63) is 45.0 Å². The van der Waals surface area contributed by atoms with E-state index in [4.69, 9.17) is 0 Å². The van der Waals surface area contributed by atoms with Crippen molar-refractivity contribution in [2.24, 2.45) is 0 Å². The molecule has 0 bridgehead atoms. The number of benzene rings is 1. The average molecular weight is 386 g/mol. The lowest BCUT2D eigenvalue weighted by Crippen LogP contribution is -2.13. The molecule has 0 atom stereocenters. The second-order valence-corrected chi connectivity index (χ2v) is 8.16. The molecule has 0 unspecified atom stereocenters. The van der Waals surface area contributed by atoms with Gasteiger partial charge >= 0.3 is 0 Å². The predicted molar refractivity (Wildman–Crippen MR) is 73.9 cm³/mol. The maximum absolute atomic E-state index is 13.4. The van der Waals surface area contributed by atoms with E-state index in [9.17, 15) is 21.6 Å². The molecular weight excluding hydrogens is 379 g/mol. The minimum Gasteiger partial charge on any atom is -0.276 e. The first-order valence-corrected chi connectivity index (χ1v) is 8.23. The Hall–Kier alpha value is -1.06. The van der Waals surface area contributed by atoms with Gasteiger partial charge in [-0.1, -0.05) is 0 Å². The van der Waals surface area contributed by atoms with Crippen molar-refractivity contribution in [1.82, 2.24) is 0 Å². The summed E-state index contributed by atoms with van der Waals surface area (Å²) in [7, 11) is -4.11. The van der Waals surface area contributed by atoms with Crippen LogP contribution in [0.3, 0.4) is 0 Å². The molecule has 0 aliphatic heterocycles. The van der Waals surface area contributed by atoms with E-state index in [1.165, 1.54) is 6.07 Å². The molecule has 0 saturated heterocycles. The van der Waals surface area contributed by atoms with E-state index in [0.29, 0.717) is 21.5 Å². The van der Waals surface area contributed by atoms with Crippen molar-refractivity contribution >= 4 is 43.0 Å². The van der Waals surface area contributed by atoms with Gasteiger partial charge in [-0.05, 0) is 34.5 Å². The van der Waals surface area contributed by atoms with Crippen molar-refractivity contribution in [2.75, 3.05) is 4.72 Å². The van der Waals surface area contributed by atoms with E-state index in [1.807, 2.05) is 4.72 Å².